The lowest BCUT2D eigenvalue weighted by Gasteiger charge is -2.35. The number of aromatic amines is 3. The number of imidazole rings is 1. The summed E-state index contributed by atoms with van der Waals surface area (Å²) < 4.78 is 5.86. The Morgan fingerprint density at radius 1 is 0.900 bits per heavy atom. The fourth-order valence-corrected chi connectivity index (χ4v) is 4.28. The molecule has 0 aliphatic carbocycles. The molecule has 0 spiro atoms. The maximum Gasteiger partial charge on any atom is 0.220 e. The van der Waals surface area contributed by atoms with Crippen molar-refractivity contribution >= 4 is 39.4 Å². The van der Waals surface area contributed by atoms with Gasteiger partial charge in [-0.1, -0.05) is 0 Å². The third-order valence-corrected chi connectivity index (χ3v) is 5.57. The largest absolute Gasteiger partial charge is 0.447 e. The third kappa shape index (κ3) is 2.47. The zero-order valence-corrected chi connectivity index (χ0v) is 16.4. The molecule has 3 N–H and O–H groups in total. The quantitative estimate of drug-likeness (QED) is 0.395. The lowest BCUT2D eigenvalue weighted by Crippen LogP contribution is -2.46. The van der Waals surface area contributed by atoms with Crippen molar-refractivity contribution in [1.82, 2.24) is 25.1 Å². The van der Waals surface area contributed by atoms with Crippen LogP contribution >= 0.6 is 11.3 Å². The number of nitrogens with one attached hydrogen (secondary N) is 3. The van der Waals surface area contributed by atoms with Crippen LogP contribution in [0, 0.1) is 0 Å². The molecule has 148 valence electrons. The summed E-state index contributed by atoms with van der Waals surface area (Å²) in [5.74, 6) is 2.25. The van der Waals surface area contributed by atoms with E-state index in [0.717, 1.165) is 27.9 Å². The van der Waals surface area contributed by atoms with Gasteiger partial charge in [-0.25, -0.2) is 9.99 Å². The van der Waals surface area contributed by atoms with Crippen LogP contribution in [0.25, 0.3) is 11.4 Å². The molecule has 0 atom stereocenters. The predicted octanol–water partition coefficient (Wildman–Crippen LogP) is 4.30. The first-order valence-electron chi connectivity index (χ1n) is 9.26. The highest BCUT2D eigenvalue weighted by Crippen LogP contribution is 2.46. The van der Waals surface area contributed by atoms with Gasteiger partial charge in [0, 0.05) is 30.9 Å². The molecular formula is C20H16N8OS. The molecule has 9 nitrogen and oxygen atoms in total. The monoisotopic (exact) mass is 416 g/mol. The highest BCUT2D eigenvalue weighted by molar-refractivity contribution is 7.14. The number of rotatable bonds is 5. The number of aromatic nitrogens is 5. The van der Waals surface area contributed by atoms with Gasteiger partial charge >= 0.3 is 0 Å². The standard InChI is InChI=1S/C20H16N8OS/c1-4-15(21-8-1)26-19(20-22-10-11-23-20)18(14-7-9-24-25-14)27(16-5-2-12-29-16)28(26)17-6-3-13-30-17/h1-13,21H,(H,22,23)(H,24,25). The van der Waals surface area contributed by atoms with Gasteiger partial charge in [-0.15, -0.1) is 11.3 Å². The lowest BCUT2D eigenvalue weighted by atomic mass is 10.2. The average Bonchev–Trinajstić information content (AvgIpc) is 3.61. The molecule has 1 aliphatic heterocycles. The molecule has 0 unspecified atom stereocenters. The SMILES string of the molecule is c1c[nH]c(N2C(c3ncc[nH]3)=C(c3ccn[nH]3)N(c3ccco3)N2c2cccs2)c1. The molecule has 10 heteroatoms. The van der Waals surface area contributed by atoms with E-state index in [9.17, 15) is 0 Å². The number of anilines is 3. The topological polar surface area (TPSA) is 96.0 Å². The van der Waals surface area contributed by atoms with E-state index < -0.39 is 0 Å². The van der Waals surface area contributed by atoms with Crippen molar-refractivity contribution in [1.29, 1.82) is 0 Å². The molecule has 0 fully saturated rings. The number of thiophene rings is 1. The Hall–Kier alpha value is -4.18. The van der Waals surface area contributed by atoms with Crippen LogP contribution in [0.5, 0.6) is 0 Å². The molecule has 0 amide bonds. The van der Waals surface area contributed by atoms with Crippen LogP contribution in [0.3, 0.4) is 0 Å². The summed E-state index contributed by atoms with van der Waals surface area (Å²) in [6.07, 6.45) is 8.84. The van der Waals surface area contributed by atoms with Crippen LogP contribution in [0.4, 0.5) is 16.7 Å². The summed E-state index contributed by atoms with van der Waals surface area (Å²) in [7, 11) is 0. The molecule has 0 radical (unpaired) electrons. The fourth-order valence-electron chi connectivity index (χ4n) is 3.57. The van der Waals surface area contributed by atoms with E-state index in [1.807, 2.05) is 59.2 Å². The maximum absolute atomic E-state index is 5.86. The molecule has 6 heterocycles. The zero-order valence-electron chi connectivity index (χ0n) is 15.6. The second-order valence-corrected chi connectivity index (χ2v) is 7.40. The first kappa shape index (κ1) is 16.7. The van der Waals surface area contributed by atoms with Gasteiger partial charge < -0.3 is 14.4 Å². The Labute approximate surface area is 174 Å². The van der Waals surface area contributed by atoms with Crippen LogP contribution in [0.1, 0.15) is 11.5 Å². The van der Waals surface area contributed by atoms with E-state index in [2.05, 4.69) is 41.3 Å². The lowest BCUT2D eigenvalue weighted by molar-refractivity contribution is 0.560. The molecule has 30 heavy (non-hydrogen) atoms. The highest BCUT2D eigenvalue weighted by atomic mass is 32.1. The smallest absolute Gasteiger partial charge is 0.220 e. The van der Waals surface area contributed by atoms with Crippen LogP contribution in [0.2, 0.25) is 0 Å². The van der Waals surface area contributed by atoms with E-state index in [1.165, 1.54) is 0 Å². The van der Waals surface area contributed by atoms with Crippen molar-refractivity contribution in [2.75, 3.05) is 15.1 Å². The Morgan fingerprint density at radius 2 is 1.90 bits per heavy atom. The fraction of sp³-hybridized carbons (Fsp3) is 0. The minimum absolute atomic E-state index is 0.658. The van der Waals surface area contributed by atoms with Gasteiger partial charge in [-0.05, 0) is 41.8 Å². The summed E-state index contributed by atoms with van der Waals surface area (Å²) in [4.78, 5) is 11.1. The second kappa shape index (κ2) is 6.71. The zero-order chi connectivity index (χ0) is 19.9. The average molecular weight is 416 g/mol. The van der Waals surface area contributed by atoms with Gasteiger partial charge in [-0.2, -0.15) is 15.2 Å². The Balaban J connectivity index is 1.69. The predicted molar refractivity (Wildman–Crippen MR) is 115 cm³/mol. The van der Waals surface area contributed by atoms with Crippen molar-refractivity contribution in [2.45, 2.75) is 0 Å². The summed E-state index contributed by atoms with van der Waals surface area (Å²) >= 11 is 1.62. The molecule has 5 aromatic heterocycles. The van der Waals surface area contributed by atoms with Gasteiger partial charge in [0.25, 0.3) is 0 Å². The molecule has 5 aromatic rings. The Morgan fingerprint density at radius 3 is 2.57 bits per heavy atom. The van der Waals surface area contributed by atoms with Crippen LogP contribution < -0.4 is 15.1 Å². The summed E-state index contributed by atoms with van der Waals surface area (Å²) in [6.45, 7) is 0. The Kier molecular flexibility index (Phi) is 3.74. The van der Waals surface area contributed by atoms with Gasteiger partial charge in [0.1, 0.15) is 22.2 Å². The number of H-pyrrole nitrogens is 3. The van der Waals surface area contributed by atoms with Crippen molar-refractivity contribution < 1.29 is 4.42 Å². The second-order valence-electron chi connectivity index (χ2n) is 6.48. The van der Waals surface area contributed by atoms with Gasteiger partial charge in [0.05, 0.1) is 12.0 Å². The van der Waals surface area contributed by atoms with E-state index in [4.69, 9.17) is 4.42 Å². The molecule has 0 bridgehead atoms. The molecule has 0 saturated carbocycles. The van der Waals surface area contributed by atoms with E-state index in [-0.39, 0.29) is 0 Å². The summed E-state index contributed by atoms with van der Waals surface area (Å²) in [6, 6.07) is 13.8. The number of furan rings is 1. The van der Waals surface area contributed by atoms with Crippen LogP contribution in [0.15, 0.2) is 83.3 Å². The van der Waals surface area contributed by atoms with Crippen molar-refractivity contribution in [3.05, 3.63) is 90.4 Å². The van der Waals surface area contributed by atoms with Crippen molar-refractivity contribution in [2.24, 2.45) is 0 Å². The van der Waals surface area contributed by atoms with E-state index in [1.54, 1.807) is 30.0 Å². The minimum atomic E-state index is 0.658. The Bertz CT molecular complexity index is 1160. The number of hydrazine groups is 2. The van der Waals surface area contributed by atoms with E-state index in [0.29, 0.717) is 11.7 Å². The molecule has 0 saturated heterocycles. The number of hydrogen-bond acceptors (Lipinski definition) is 7. The number of nitrogens with zero attached hydrogens (tertiary/aromatic N) is 5. The van der Waals surface area contributed by atoms with Gasteiger partial charge in [0.2, 0.25) is 5.88 Å². The first-order chi connectivity index (χ1) is 14.9. The summed E-state index contributed by atoms with van der Waals surface area (Å²) in [5.41, 5.74) is 2.52. The van der Waals surface area contributed by atoms with Gasteiger partial charge in [0.15, 0.2) is 5.82 Å². The van der Waals surface area contributed by atoms with Gasteiger partial charge in [-0.3, -0.25) is 5.10 Å². The first-order valence-corrected chi connectivity index (χ1v) is 10.1. The van der Waals surface area contributed by atoms with E-state index >= 15 is 0 Å². The van der Waals surface area contributed by atoms with Crippen LogP contribution in [-0.2, 0) is 0 Å². The molecule has 0 aromatic carbocycles. The normalized spacial score (nSPS) is 14.3. The molecule has 1 aliphatic rings. The maximum atomic E-state index is 5.86. The highest BCUT2D eigenvalue weighted by Gasteiger charge is 2.44. The van der Waals surface area contributed by atoms with Crippen LogP contribution in [-0.4, -0.2) is 25.1 Å². The van der Waals surface area contributed by atoms with Crippen molar-refractivity contribution in [3.8, 4) is 0 Å². The molecular weight excluding hydrogens is 400 g/mol. The summed E-state index contributed by atoms with van der Waals surface area (Å²) in [5, 5.41) is 16.5. The number of hydrogen-bond donors (Lipinski definition) is 3. The third-order valence-electron chi connectivity index (χ3n) is 4.73. The van der Waals surface area contributed by atoms with Crippen molar-refractivity contribution in [3.63, 3.8) is 0 Å². The molecule has 6 rings (SSSR count). The minimum Gasteiger partial charge on any atom is -0.447 e.